The Hall–Kier alpha value is -2.89. The van der Waals surface area contributed by atoms with Gasteiger partial charge in [0.05, 0.1) is 5.56 Å². The van der Waals surface area contributed by atoms with Crippen LogP contribution in [0.15, 0.2) is 47.0 Å². The Kier molecular flexibility index (Phi) is 2.83. The van der Waals surface area contributed by atoms with Crippen LogP contribution < -0.4 is 0 Å². The van der Waals surface area contributed by atoms with Crippen molar-refractivity contribution in [1.82, 2.24) is 10.1 Å². The number of halogens is 1. The van der Waals surface area contributed by atoms with Crippen molar-refractivity contribution in [3.8, 4) is 34.3 Å². The zero-order valence-electron chi connectivity index (χ0n) is 10.1. The Morgan fingerprint density at radius 1 is 1.00 bits per heavy atom. The van der Waals surface area contributed by atoms with Crippen LogP contribution in [0, 0.1) is 5.82 Å². The van der Waals surface area contributed by atoms with Crippen LogP contribution in [0.25, 0.3) is 22.8 Å². The third-order valence-electron chi connectivity index (χ3n) is 2.77. The predicted molar refractivity (Wildman–Crippen MR) is 68.5 cm³/mol. The Bertz CT molecular complexity index is 753. The van der Waals surface area contributed by atoms with Crippen molar-refractivity contribution in [1.29, 1.82) is 0 Å². The molecular weight excluding hydrogens is 263 g/mol. The number of phenolic OH excluding ortho intramolecular Hbond substituents is 2. The average Bonchev–Trinajstić information content (AvgIpc) is 2.92. The number of rotatable bonds is 2. The maximum atomic E-state index is 12.8. The van der Waals surface area contributed by atoms with Crippen molar-refractivity contribution >= 4 is 0 Å². The van der Waals surface area contributed by atoms with Crippen molar-refractivity contribution in [2.24, 2.45) is 0 Å². The Morgan fingerprint density at radius 2 is 1.75 bits per heavy atom. The summed E-state index contributed by atoms with van der Waals surface area (Å²) in [4.78, 5) is 4.11. The zero-order chi connectivity index (χ0) is 14.1. The molecule has 3 aromatic rings. The number of aromatic hydroxyl groups is 2. The molecule has 20 heavy (non-hydrogen) atoms. The molecule has 0 saturated heterocycles. The van der Waals surface area contributed by atoms with E-state index in [4.69, 9.17) is 4.52 Å². The molecule has 5 nitrogen and oxygen atoms in total. The molecule has 0 saturated carbocycles. The first-order valence-electron chi connectivity index (χ1n) is 5.76. The van der Waals surface area contributed by atoms with Crippen molar-refractivity contribution in [2.75, 3.05) is 0 Å². The van der Waals surface area contributed by atoms with Gasteiger partial charge in [-0.2, -0.15) is 4.98 Å². The Balaban J connectivity index is 2.02. The fourth-order valence-electron chi connectivity index (χ4n) is 1.75. The van der Waals surface area contributed by atoms with Gasteiger partial charge in [-0.1, -0.05) is 11.2 Å². The molecule has 0 fully saturated rings. The fraction of sp³-hybridized carbons (Fsp3) is 0. The van der Waals surface area contributed by atoms with E-state index in [0.29, 0.717) is 5.56 Å². The molecule has 1 heterocycles. The van der Waals surface area contributed by atoms with Gasteiger partial charge in [-0.15, -0.1) is 0 Å². The molecule has 0 aliphatic carbocycles. The van der Waals surface area contributed by atoms with E-state index in [9.17, 15) is 14.6 Å². The number of para-hydroxylation sites is 1. The largest absolute Gasteiger partial charge is 0.504 e. The summed E-state index contributed by atoms with van der Waals surface area (Å²) in [7, 11) is 0. The Morgan fingerprint density at radius 3 is 2.50 bits per heavy atom. The highest BCUT2D eigenvalue weighted by Gasteiger charge is 2.15. The van der Waals surface area contributed by atoms with E-state index in [1.165, 1.54) is 36.4 Å². The molecule has 0 aliphatic rings. The summed E-state index contributed by atoms with van der Waals surface area (Å²) >= 11 is 0. The molecule has 0 bridgehead atoms. The van der Waals surface area contributed by atoms with Gasteiger partial charge in [0.2, 0.25) is 5.82 Å². The highest BCUT2D eigenvalue weighted by Crippen LogP contribution is 2.35. The van der Waals surface area contributed by atoms with Crippen LogP contribution in [-0.4, -0.2) is 20.4 Å². The highest BCUT2D eigenvalue weighted by atomic mass is 19.1. The van der Waals surface area contributed by atoms with E-state index in [0.717, 1.165) is 0 Å². The predicted octanol–water partition coefficient (Wildman–Crippen LogP) is 2.95. The summed E-state index contributed by atoms with van der Waals surface area (Å²) in [6, 6.07) is 10.0. The first kappa shape index (κ1) is 12.2. The Labute approximate surface area is 112 Å². The summed E-state index contributed by atoms with van der Waals surface area (Å²) in [5, 5.41) is 22.9. The minimum Gasteiger partial charge on any atom is -0.504 e. The van der Waals surface area contributed by atoms with Gasteiger partial charge in [-0.05, 0) is 36.4 Å². The van der Waals surface area contributed by atoms with E-state index < -0.39 is 0 Å². The van der Waals surface area contributed by atoms with Crippen LogP contribution in [0.1, 0.15) is 0 Å². The van der Waals surface area contributed by atoms with Gasteiger partial charge >= 0.3 is 0 Å². The first-order valence-corrected chi connectivity index (χ1v) is 5.76. The van der Waals surface area contributed by atoms with Crippen LogP contribution in [0.2, 0.25) is 0 Å². The lowest BCUT2D eigenvalue weighted by molar-refractivity contribution is 0.397. The summed E-state index contributed by atoms with van der Waals surface area (Å²) in [5.41, 5.74) is 0.812. The monoisotopic (exact) mass is 272 g/mol. The third-order valence-corrected chi connectivity index (χ3v) is 2.77. The summed E-state index contributed by atoms with van der Waals surface area (Å²) in [6.07, 6.45) is 0. The van der Waals surface area contributed by atoms with Crippen LogP contribution in [0.3, 0.4) is 0 Å². The molecule has 0 spiro atoms. The molecule has 100 valence electrons. The van der Waals surface area contributed by atoms with Crippen LogP contribution >= 0.6 is 0 Å². The lowest BCUT2D eigenvalue weighted by Crippen LogP contribution is -1.82. The van der Waals surface area contributed by atoms with Crippen LogP contribution in [0.4, 0.5) is 4.39 Å². The molecule has 3 rings (SSSR count). The maximum Gasteiger partial charge on any atom is 0.262 e. The number of hydrogen-bond donors (Lipinski definition) is 2. The molecule has 2 N–H and O–H groups in total. The van der Waals surface area contributed by atoms with E-state index in [-0.39, 0.29) is 34.6 Å². The van der Waals surface area contributed by atoms with Gasteiger partial charge in [0.1, 0.15) is 5.82 Å². The number of hydrogen-bond acceptors (Lipinski definition) is 5. The van der Waals surface area contributed by atoms with Crippen LogP contribution in [-0.2, 0) is 0 Å². The van der Waals surface area contributed by atoms with E-state index in [1.54, 1.807) is 6.07 Å². The number of benzene rings is 2. The molecule has 0 amide bonds. The van der Waals surface area contributed by atoms with Gasteiger partial charge in [0.25, 0.3) is 5.89 Å². The van der Waals surface area contributed by atoms with Gasteiger partial charge in [-0.25, -0.2) is 4.39 Å². The lowest BCUT2D eigenvalue weighted by atomic mass is 10.2. The normalized spacial score (nSPS) is 10.7. The van der Waals surface area contributed by atoms with Crippen LogP contribution in [0.5, 0.6) is 11.5 Å². The van der Waals surface area contributed by atoms with Gasteiger partial charge in [-0.3, -0.25) is 0 Å². The van der Waals surface area contributed by atoms with Gasteiger partial charge in [0, 0.05) is 5.56 Å². The smallest absolute Gasteiger partial charge is 0.262 e. The lowest BCUT2D eigenvalue weighted by Gasteiger charge is -2.00. The number of nitrogens with zero attached hydrogens (tertiary/aromatic N) is 2. The van der Waals surface area contributed by atoms with E-state index >= 15 is 0 Å². The molecule has 6 heteroatoms. The molecule has 0 atom stereocenters. The van der Waals surface area contributed by atoms with Gasteiger partial charge < -0.3 is 14.7 Å². The van der Waals surface area contributed by atoms with Crippen molar-refractivity contribution in [3.63, 3.8) is 0 Å². The molecule has 0 unspecified atom stereocenters. The van der Waals surface area contributed by atoms with Crippen molar-refractivity contribution in [2.45, 2.75) is 0 Å². The zero-order valence-corrected chi connectivity index (χ0v) is 10.1. The quantitative estimate of drug-likeness (QED) is 0.701. The standard InChI is InChI=1S/C14H9FN2O3/c15-9-6-4-8(5-7-9)13-16-14(20-17-13)10-2-1-3-11(18)12(10)19/h1-7,18-19H. The molecule has 2 aromatic carbocycles. The first-order chi connectivity index (χ1) is 9.65. The summed E-state index contributed by atoms with van der Waals surface area (Å²) < 4.78 is 17.9. The van der Waals surface area contributed by atoms with Crippen molar-refractivity contribution < 1.29 is 19.1 Å². The maximum absolute atomic E-state index is 12.8. The summed E-state index contributed by atoms with van der Waals surface area (Å²) in [5.74, 6) is -0.630. The fourth-order valence-corrected chi connectivity index (χ4v) is 1.75. The third kappa shape index (κ3) is 2.07. The average molecular weight is 272 g/mol. The molecular formula is C14H9FN2O3. The second-order valence-electron chi connectivity index (χ2n) is 4.10. The van der Waals surface area contributed by atoms with Crippen molar-refractivity contribution in [3.05, 3.63) is 48.3 Å². The number of phenols is 2. The van der Waals surface area contributed by atoms with Gasteiger partial charge in [0.15, 0.2) is 11.5 Å². The molecule has 1 aromatic heterocycles. The minimum absolute atomic E-state index is 0.0673. The van der Waals surface area contributed by atoms with E-state index in [2.05, 4.69) is 10.1 Å². The highest BCUT2D eigenvalue weighted by molar-refractivity contribution is 5.68. The minimum atomic E-state index is -0.358. The summed E-state index contributed by atoms with van der Waals surface area (Å²) in [6.45, 7) is 0. The number of aromatic nitrogens is 2. The molecule has 0 aliphatic heterocycles. The second kappa shape index (κ2) is 4.65. The molecule has 0 radical (unpaired) electrons. The van der Waals surface area contributed by atoms with E-state index in [1.807, 2.05) is 0 Å². The second-order valence-corrected chi connectivity index (χ2v) is 4.10. The SMILES string of the molecule is Oc1cccc(-c2nc(-c3ccc(F)cc3)no2)c1O. The topological polar surface area (TPSA) is 79.4 Å².